The van der Waals surface area contributed by atoms with Crippen LogP contribution in [-0.2, 0) is 0 Å². The van der Waals surface area contributed by atoms with Crippen molar-refractivity contribution in [3.63, 3.8) is 0 Å². The molecule has 2 aromatic heterocycles. The van der Waals surface area contributed by atoms with Gasteiger partial charge in [0, 0.05) is 43.0 Å². The molecule has 0 atom stereocenters. The summed E-state index contributed by atoms with van der Waals surface area (Å²) in [6.45, 7) is 0. The fraction of sp³-hybridized carbons (Fsp3) is 0. The fourth-order valence-corrected chi connectivity index (χ4v) is 7.33. The third-order valence-electron chi connectivity index (χ3n) is 6.22. The summed E-state index contributed by atoms with van der Waals surface area (Å²) < 4.78 is 0. The highest BCUT2D eigenvalue weighted by Gasteiger charge is 2.21. The van der Waals surface area contributed by atoms with Crippen molar-refractivity contribution >= 4 is 66.6 Å². The molecule has 8 heteroatoms. The maximum absolute atomic E-state index is 13.8. The molecule has 0 saturated carbocycles. The Morgan fingerprint density at radius 2 is 0.868 bits per heavy atom. The van der Waals surface area contributed by atoms with Gasteiger partial charge in [-0.3, -0.25) is 9.59 Å². The van der Waals surface area contributed by atoms with Crippen molar-refractivity contribution in [2.45, 2.75) is 9.79 Å². The van der Waals surface area contributed by atoms with Crippen LogP contribution in [-0.4, -0.2) is 9.97 Å². The molecule has 0 aliphatic carbocycles. The predicted octanol–water partition coefficient (Wildman–Crippen LogP) is 8.81. The number of para-hydroxylation sites is 2. The number of hydrogen-bond acceptors (Lipinski definition) is 4. The van der Waals surface area contributed by atoms with E-state index in [9.17, 15) is 9.59 Å². The van der Waals surface area contributed by atoms with Crippen LogP contribution in [0.4, 0.5) is 0 Å². The zero-order valence-electron chi connectivity index (χ0n) is 19.6. The predicted molar refractivity (Wildman–Crippen MR) is 162 cm³/mol. The zero-order valence-corrected chi connectivity index (χ0v) is 22.8. The maximum Gasteiger partial charge on any atom is 0.204 e. The molecule has 0 fully saturated rings. The van der Waals surface area contributed by atoms with Gasteiger partial charge in [0.2, 0.25) is 10.9 Å². The number of hydrogen-bond donors (Lipinski definition) is 2. The minimum absolute atomic E-state index is 0.136. The largest absolute Gasteiger partial charge is 0.353 e. The third-order valence-corrected chi connectivity index (χ3v) is 9.33. The first kappa shape index (κ1) is 24.9. The van der Waals surface area contributed by atoms with E-state index in [0.717, 1.165) is 0 Å². The van der Waals surface area contributed by atoms with Crippen LogP contribution in [0.2, 0.25) is 10.0 Å². The molecule has 4 nitrogen and oxygen atoms in total. The second kappa shape index (κ2) is 10.4. The third kappa shape index (κ3) is 4.44. The van der Waals surface area contributed by atoms with Crippen LogP contribution >= 0.6 is 44.8 Å². The molecule has 0 aliphatic rings. The molecule has 2 heterocycles. The Labute approximate surface area is 235 Å². The van der Waals surface area contributed by atoms with Crippen molar-refractivity contribution in [2.24, 2.45) is 0 Å². The molecular weight excluding hydrogens is 555 g/mol. The lowest BCUT2D eigenvalue weighted by atomic mass is 10.1. The van der Waals surface area contributed by atoms with E-state index < -0.39 is 0 Å². The Hall–Kier alpha value is -3.42. The number of aromatic nitrogens is 2. The van der Waals surface area contributed by atoms with Crippen molar-refractivity contribution in [3.8, 4) is 22.5 Å². The summed E-state index contributed by atoms with van der Waals surface area (Å²) in [6, 6.07) is 29.5. The average Bonchev–Trinajstić information content (AvgIpc) is 2.94. The first-order valence-corrected chi connectivity index (χ1v) is 14.6. The van der Waals surface area contributed by atoms with Crippen LogP contribution in [0.15, 0.2) is 116 Å². The molecule has 0 bridgehead atoms. The summed E-state index contributed by atoms with van der Waals surface area (Å²) in [6.07, 6.45) is 0. The van der Waals surface area contributed by atoms with E-state index in [0.29, 0.717) is 64.2 Å². The molecule has 6 rings (SSSR count). The Bertz CT molecular complexity index is 1820. The Balaban J connectivity index is 1.55. The van der Waals surface area contributed by atoms with E-state index in [4.69, 9.17) is 23.2 Å². The number of rotatable bonds is 5. The summed E-state index contributed by atoms with van der Waals surface area (Å²) >= 11 is 13.1. The van der Waals surface area contributed by atoms with Gasteiger partial charge < -0.3 is 9.97 Å². The molecule has 0 saturated heterocycles. The normalized spacial score (nSPS) is 11.3. The number of fused-ring (bicyclic) bond motifs is 2. The molecule has 4 aromatic carbocycles. The molecule has 0 spiro atoms. The number of pyridine rings is 2. The van der Waals surface area contributed by atoms with Gasteiger partial charge in [0.25, 0.3) is 0 Å². The van der Waals surface area contributed by atoms with Gasteiger partial charge in [0.05, 0.1) is 21.2 Å². The van der Waals surface area contributed by atoms with E-state index in [-0.39, 0.29) is 10.9 Å². The number of benzene rings is 4. The van der Waals surface area contributed by atoms with Gasteiger partial charge >= 0.3 is 0 Å². The van der Waals surface area contributed by atoms with Crippen LogP contribution in [0.5, 0.6) is 0 Å². The lowest BCUT2D eigenvalue weighted by Crippen LogP contribution is -2.10. The van der Waals surface area contributed by atoms with Crippen LogP contribution in [0.3, 0.4) is 0 Å². The highest BCUT2D eigenvalue weighted by atomic mass is 35.5. The van der Waals surface area contributed by atoms with E-state index >= 15 is 0 Å². The standard InChI is InChI=1S/C30H18Cl2N2O2S2/c31-21-13-5-1-9-17(21)25-29(27(35)19-11-3-7-15-23(19)33-25)37-38-30-26(18-10-2-6-14-22(18)32)34-24-16-8-4-12-20(24)28(30)36/h1-16H,(H,33,35)(H,34,36). The summed E-state index contributed by atoms with van der Waals surface area (Å²) in [4.78, 5) is 35.2. The molecule has 0 amide bonds. The van der Waals surface area contributed by atoms with E-state index in [1.54, 1.807) is 24.3 Å². The second-order valence-corrected chi connectivity index (χ2v) is 11.5. The molecule has 186 valence electrons. The number of halogens is 2. The van der Waals surface area contributed by atoms with Gasteiger partial charge in [-0.05, 0) is 58.0 Å². The summed E-state index contributed by atoms with van der Waals surface area (Å²) in [5, 5.41) is 2.16. The first-order chi connectivity index (χ1) is 18.5. The van der Waals surface area contributed by atoms with Gasteiger partial charge in [-0.1, -0.05) is 83.9 Å². The van der Waals surface area contributed by atoms with Gasteiger partial charge in [-0.15, -0.1) is 0 Å². The smallest absolute Gasteiger partial charge is 0.204 e. The maximum atomic E-state index is 13.8. The van der Waals surface area contributed by atoms with E-state index in [1.165, 1.54) is 21.6 Å². The molecule has 6 aromatic rings. The molecule has 2 N–H and O–H groups in total. The minimum Gasteiger partial charge on any atom is -0.353 e. The van der Waals surface area contributed by atoms with Gasteiger partial charge in [0.1, 0.15) is 0 Å². The zero-order chi connectivity index (χ0) is 26.2. The minimum atomic E-state index is -0.136. The quantitative estimate of drug-likeness (QED) is 0.202. The highest BCUT2D eigenvalue weighted by molar-refractivity contribution is 8.76. The summed E-state index contributed by atoms with van der Waals surface area (Å²) in [5.41, 5.74) is 3.77. The van der Waals surface area contributed by atoms with Crippen LogP contribution in [0.1, 0.15) is 0 Å². The molecule has 0 radical (unpaired) electrons. The van der Waals surface area contributed by atoms with E-state index in [2.05, 4.69) is 9.97 Å². The first-order valence-electron chi connectivity index (χ1n) is 11.7. The Morgan fingerprint density at radius 1 is 0.500 bits per heavy atom. The van der Waals surface area contributed by atoms with Gasteiger partial charge in [-0.25, -0.2) is 0 Å². The Kier molecular flexibility index (Phi) is 6.80. The lowest BCUT2D eigenvalue weighted by Gasteiger charge is -2.14. The monoisotopic (exact) mass is 572 g/mol. The highest BCUT2D eigenvalue weighted by Crippen LogP contribution is 2.44. The van der Waals surface area contributed by atoms with Crippen LogP contribution in [0, 0.1) is 0 Å². The molecule has 0 unspecified atom stereocenters. The van der Waals surface area contributed by atoms with Gasteiger partial charge in [-0.2, -0.15) is 0 Å². The van der Waals surface area contributed by atoms with E-state index in [1.807, 2.05) is 72.8 Å². The molecule has 0 aliphatic heterocycles. The topological polar surface area (TPSA) is 65.7 Å². The molecule has 38 heavy (non-hydrogen) atoms. The summed E-state index contributed by atoms with van der Waals surface area (Å²) in [7, 11) is 2.47. The fourth-order valence-electron chi connectivity index (χ4n) is 4.38. The van der Waals surface area contributed by atoms with Crippen molar-refractivity contribution < 1.29 is 0 Å². The Morgan fingerprint density at radius 3 is 1.29 bits per heavy atom. The SMILES string of the molecule is O=c1c(SSc2c(-c3ccccc3Cl)[nH]c3ccccc3c2=O)c(-c2ccccc2Cl)[nH]c2ccccc12. The number of H-pyrrole nitrogens is 2. The number of aromatic amines is 2. The van der Waals surface area contributed by atoms with Crippen molar-refractivity contribution in [1.29, 1.82) is 0 Å². The number of nitrogens with one attached hydrogen (secondary N) is 2. The van der Waals surface area contributed by atoms with Gasteiger partial charge in [0.15, 0.2) is 0 Å². The molecular formula is C30H18Cl2N2O2S2. The lowest BCUT2D eigenvalue weighted by molar-refractivity contribution is 1.26. The second-order valence-electron chi connectivity index (χ2n) is 8.53. The average molecular weight is 574 g/mol. The van der Waals surface area contributed by atoms with Crippen LogP contribution in [0.25, 0.3) is 44.3 Å². The van der Waals surface area contributed by atoms with Crippen LogP contribution < -0.4 is 10.9 Å². The summed E-state index contributed by atoms with van der Waals surface area (Å²) in [5.74, 6) is 0. The van der Waals surface area contributed by atoms with Crippen molar-refractivity contribution in [3.05, 3.63) is 128 Å². The van der Waals surface area contributed by atoms with Crippen molar-refractivity contribution in [2.75, 3.05) is 0 Å². The van der Waals surface area contributed by atoms with Crippen molar-refractivity contribution in [1.82, 2.24) is 9.97 Å².